The monoisotopic (exact) mass is 637 g/mol. The Kier molecular flexibility index (Phi) is 17.8. The van der Waals surface area contributed by atoms with Crippen LogP contribution in [0.1, 0.15) is 114 Å². The Morgan fingerprint density at radius 1 is 0.756 bits per heavy atom. The van der Waals surface area contributed by atoms with Gasteiger partial charge in [0.05, 0.1) is 13.0 Å². The number of carbonyl (C=O) groups is 6. The molecular formula is C33H59N5O7. The summed E-state index contributed by atoms with van der Waals surface area (Å²) in [6.07, 6.45) is 5.69. The highest BCUT2D eigenvalue weighted by Crippen LogP contribution is 2.24. The first kappa shape index (κ1) is 39.8. The second-order valence-corrected chi connectivity index (χ2v) is 13.6. The molecule has 0 aromatic carbocycles. The van der Waals surface area contributed by atoms with E-state index in [-0.39, 0.29) is 30.7 Å². The maximum absolute atomic E-state index is 13.2. The van der Waals surface area contributed by atoms with Crippen molar-refractivity contribution in [1.29, 1.82) is 0 Å². The predicted molar refractivity (Wildman–Crippen MR) is 173 cm³/mol. The molecule has 1 fully saturated rings. The van der Waals surface area contributed by atoms with Crippen molar-refractivity contribution in [1.82, 2.24) is 26.6 Å². The summed E-state index contributed by atoms with van der Waals surface area (Å²) in [6, 6.07) is -4.00. The van der Waals surface area contributed by atoms with Gasteiger partial charge in [-0.3, -0.25) is 24.0 Å². The van der Waals surface area contributed by atoms with E-state index < -0.39 is 65.8 Å². The lowest BCUT2D eigenvalue weighted by molar-refractivity contribution is -0.157. The van der Waals surface area contributed by atoms with Crippen LogP contribution in [0.3, 0.4) is 0 Å². The normalized spacial score (nSPS) is 26.3. The Balaban J connectivity index is 3.25. The summed E-state index contributed by atoms with van der Waals surface area (Å²) in [5.74, 6) is -3.58. The van der Waals surface area contributed by atoms with Gasteiger partial charge in [0.1, 0.15) is 30.3 Å². The van der Waals surface area contributed by atoms with E-state index in [1.54, 1.807) is 13.8 Å². The molecule has 7 atom stereocenters. The Morgan fingerprint density at radius 3 is 2.00 bits per heavy atom. The number of cyclic esters (lactones) is 1. The first-order valence-corrected chi connectivity index (χ1v) is 16.7. The summed E-state index contributed by atoms with van der Waals surface area (Å²) in [5.41, 5.74) is 0. The molecule has 1 aliphatic heterocycles. The molecule has 0 aromatic rings. The van der Waals surface area contributed by atoms with E-state index in [0.717, 1.165) is 32.1 Å². The minimum atomic E-state index is -1.05. The minimum absolute atomic E-state index is 0.0308. The molecule has 0 aromatic heterocycles. The third kappa shape index (κ3) is 15.1. The number of unbranched alkanes of at least 4 members (excludes halogenated alkanes) is 3. The summed E-state index contributed by atoms with van der Waals surface area (Å²) in [7, 11) is 0. The van der Waals surface area contributed by atoms with Crippen LogP contribution >= 0.6 is 0 Å². The van der Waals surface area contributed by atoms with E-state index in [9.17, 15) is 28.8 Å². The molecular weight excluding hydrogens is 578 g/mol. The van der Waals surface area contributed by atoms with Gasteiger partial charge < -0.3 is 31.3 Å². The van der Waals surface area contributed by atoms with Crippen LogP contribution in [0, 0.1) is 23.7 Å². The maximum atomic E-state index is 13.2. The van der Waals surface area contributed by atoms with E-state index >= 15 is 0 Å². The van der Waals surface area contributed by atoms with Crippen LogP contribution in [0.4, 0.5) is 0 Å². The van der Waals surface area contributed by atoms with Gasteiger partial charge in [-0.05, 0) is 50.4 Å². The lowest BCUT2D eigenvalue weighted by Crippen LogP contribution is -2.58. The van der Waals surface area contributed by atoms with Crippen LogP contribution in [0.15, 0.2) is 0 Å². The molecule has 0 radical (unpaired) electrons. The Labute approximate surface area is 269 Å². The Morgan fingerprint density at radius 2 is 1.40 bits per heavy atom. The highest BCUT2D eigenvalue weighted by molar-refractivity contribution is 5.95. The fourth-order valence-electron chi connectivity index (χ4n) is 5.37. The number of hydrogen-bond donors (Lipinski definition) is 5. The number of esters is 1. The third-order valence-corrected chi connectivity index (χ3v) is 8.13. The fraction of sp³-hybridized carbons (Fsp3) is 0.818. The Bertz CT molecular complexity index is 1000. The van der Waals surface area contributed by atoms with Gasteiger partial charge in [-0.15, -0.1) is 0 Å². The molecule has 12 nitrogen and oxygen atoms in total. The number of carbonyl (C=O) groups excluding carboxylic acids is 6. The number of ether oxygens (including phenoxy) is 1. The van der Waals surface area contributed by atoms with Gasteiger partial charge in [0.2, 0.25) is 29.5 Å². The van der Waals surface area contributed by atoms with Crippen molar-refractivity contribution in [2.45, 2.75) is 144 Å². The molecule has 5 amide bonds. The van der Waals surface area contributed by atoms with E-state index in [4.69, 9.17) is 4.74 Å². The SMILES string of the molecule is CCCCCC[C@H](C)C[C@H](C)[C@@H]1CC(=O)NCC(=O)N[C@@H](C(C)C)C(=O)N[C@H](CC(C)C)C(=O)N[C@@H](C)C(=O)N[C@@H](C)C(=O)O1. The van der Waals surface area contributed by atoms with Crippen LogP contribution < -0.4 is 26.6 Å². The van der Waals surface area contributed by atoms with Crippen molar-refractivity contribution >= 4 is 35.5 Å². The van der Waals surface area contributed by atoms with E-state index in [1.165, 1.54) is 20.3 Å². The standard InChI is InChI=1S/C33H59N5O7/c1-10-11-12-13-14-21(6)16-22(7)26-17-27(39)34-18-28(40)38-29(20(4)5)32(43)37-25(15-19(2)3)31(42)35-23(8)30(41)36-24(9)33(44)45-26/h19-26,29H,10-18H2,1-9H3,(H,34,39)(H,35,42)(H,36,41)(H,37,43)(H,38,40)/t21-,22-,23-,24-,25+,26-,29-/m0/s1. The largest absolute Gasteiger partial charge is 0.460 e. The molecule has 1 saturated heterocycles. The first-order valence-electron chi connectivity index (χ1n) is 16.7. The average Bonchev–Trinajstić information content (AvgIpc) is 2.95. The smallest absolute Gasteiger partial charge is 0.328 e. The molecule has 0 saturated carbocycles. The quantitative estimate of drug-likeness (QED) is 0.171. The molecule has 1 rings (SSSR count). The molecule has 0 bridgehead atoms. The van der Waals surface area contributed by atoms with E-state index in [0.29, 0.717) is 12.3 Å². The second kappa shape index (κ2) is 20.0. The van der Waals surface area contributed by atoms with Crippen molar-refractivity contribution < 1.29 is 33.5 Å². The Hall–Kier alpha value is -3.18. The van der Waals surface area contributed by atoms with Crippen LogP contribution in [0.25, 0.3) is 0 Å². The van der Waals surface area contributed by atoms with Crippen molar-refractivity contribution in [2.24, 2.45) is 23.7 Å². The van der Waals surface area contributed by atoms with E-state index in [2.05, 4.69) is 40.4 Å². The van der Waals surface area contributed by atoms with Gasteiger partial charge >= 0.3 is 5.97 Å². The van der Waals surface area contributed by atoms with Crippen LogP contribution in [-0.2, 0) is 33.5 Å². The summed E-state index contributed by atoms with van der Waals surface area (Å²) < 4.78 is 5.80. The number of nitrogens with one attached hydrogen (secondary N) is 5. The van der Waals surface area contributed by atoms with Crippen molar-refractivity contribution in [3.05, 3.63) is 0 Å². The van der Waals surface area contributed by atoms with Gasteiger partial charge in [-0.1, -0.05) is 80.6 Å². The minimum Gasteiger partial charge on any atom is -0.460 e. The highest BCUT2D eigenvalue weighted by atomic mass is 16.5. The van der Waals surface area contributed by atoms with Crippen LogP contribution in [-0.4, -0.2) is 72.3 Å². The highest BCUT2D eigenvalue weighted by Gasteiger charge is 2.33. The molecule has 0 spiro atoms. The molecule has 0 aliphatic carbocycles. The third-order valence-electron chi connectivity index (χ3n) is 8.13. The number of amides is 5. The lowest BCUT2D eigenvalue weighted by atomic mass is 9.88. The van der Waals surface area contributed by atoms with Gasteiger partial charge in [0, 0.05) is 0 Å². The number of hydrogen-bond acceptors (Lipinski definition) is 7. The molecule has 1 aliphatic rings. The number of rotatable bonds is 11. The predicted octanol–water partition coefficient (Wildman–Crippen LogP) is 2.73. The molecule has 45 heavy (non-hydrogen) atoms. The van der Waals surface area contributed by atoms with Crippen LogP contribution in [0.2, 0.25) is 0 Å². The van der Waals surface area contributed by atoms with Crippen molar-refractivity contribution in [3.63, 3.8) is 0 Å². The van der Waals surface area contributed by atoms with Crippen molar-refractivity contribution in [3.8, 4) is 0 Å². The zero-order valence-corrected chi connectivity index (χ0v) is 28.9. The summed E-state index contributed by atoms with van der Waals surface area (Å²) in [5, 5.41) is 13.2. The lowest BCUT2D eigenvalue weighted by Gasteiger charge is -2.28. The zero-order valence-electron chi connectivity index (χ0n) is 28.9. The molecule has 5 N–H and O–H groups in total. The topological polar surface area (TPSA) is 172 Å². The first-order chi connectivity index (χ1) is 21.0. The summed E-state index contributed by atoms with van der Waals surface area (Å²) >= 11 is 0. The zero-order chi connectivity index (χ0) is 34.3. The molecule has 12 heteroatoms. The van der Waals surface area contributed by atoms with Gasteiger partial charge in [0.25, 0.3) is 0 Å². The van der Waals surface area contributed by atoms with Crippen molar-refractivity contribution in [2.75, 3.05) is 6.54 Å². The molecule has 0 unspecified atom stereocenters. The maximum Gasteiger partial charge on any atom is 0.328 e. The van der Waals surface area contributed by atoms with E-state index in [1.807, 2.05) is 20.8 Å². The van der Waals surface area contributed by atoms with Gasteiger partial charge in [0.15, 0.2) is 0 Å². The van der Waals surface area contributed by atoms with Gasteiger partial charge in [-0.25, -0.2) is 4.79 Å². The second-order valence-electron chi connectivity index (χ2n) is 13.6. The molecule has 258 valence electrons. The fourth-order valence-corrected chi connectivity index (χ4v) is 5.37. The summed E-state index contributed by atoms with van der Waals surface area (Å²) in [6.45, 7) is 16.1. The molecule has 1 heterocycles. The summed E-state index contributed by atoms with van der Waals surface area (Å²) in [4.78, 5) is 78.3. The van der Waals surface area contributed by atoms with Crippen LogP contribution in [0.5, 0.6) is 0 Å². The average molecular weight is 638 g/mol. The van der Waals surface area contributed by atoms with Gasteiger partial charge in [-0.2, -0.15) is 0 Å².